The summed E-state index contributed by atoms with van der Waals surface area (Å²) in [6.07, 6.45) is 0.563. The van der Waals surface area contributed by atoms with E-state index in [0.29, 0.717) is 11.9 Å². The number of hydrogen-bond acceptors (Lipinski definition) is 8. The fourth-order valence-electron chi connectivity index (χ4n) is 5.72. The van der Waals surface area contributed by atoms with E-state index in [9.17, 15) is 19.5 Å². The molecule has 182 valence electrons. The molecule has 3 saturated heterocycles. The lowest BCUT2D eigenvalue weighted by molar-refractivity contribution is -0.154. The Labute approximate surface area is 208 Å². The van der Waals surface area contributed by atoms with E-state index in [0.717, 1.165) is 5.52 Å². The van der Waals surface area contributed by atoms with Crippen LogP contribution in [0, 0.1) is 11.8 Å². The van der Waals surface area contributed by atoms with Gasteiger partial charge < -0.3 is 20.1 Å². The van der Waals surface area contributed by atoms with Crippen LogP contribution in [0.2, 0.25) is 0 Å². The highest BCUT2D eigenvalue weighted by Crippen LogP contribution is 2.68. The van der Waals surface area contributed by atoms with Gasteiger partial charge in [0.15, 0.2) is 0 Å². The molecule has 7 atom stereocenters. The average molecular weight is 552 g/mol. The number of fused-ring (bicyclic) bond motifs is 2. The van der Waals surface area contributed by atoms with Crippen LogP contribution < -0.4 is 5.32 Å². The van der Waals surface area contributed by atoms with Gasteiger partial charge in [0.25, 0.3) is 0 Å². The summed E-state index contributed by atoms with van der Waals surface area (Å²) in [5.74, 6) is -2.34. The summed E-state index contributed by atoms with van der Waals surface area (Å²) in [4.78, 5) is 41.7. The minimum atomic E-state index is -0.837. The number of aliphatic hydroxyl groups is 1. The highest BCUT2D eigenvalue weighted by Gasteiger charge is 2.76. The molecule has 2 N–H and O–H groups in total. The van der Waals surface area contributed by atoms with Gasteiger partial charge >= 0.3 is 5.97 Å². The third-order valence-electron chi connectivity index (χ3n) is 7.10. The molecular weight excluding hydrogens is 526 g/mol. The van der Waals surface area contributed by atoms with Crippen LogP contribution in [-0.2, 0) is 25.8 Å². The van der Waals surface area contributed by atoms with Gasteiger partial charge in [-0.1, -0.05) is 33.3 Å². The first-order valence-electron chi connectivity index (χ1n) is 11.3. The molecule has 3 unspecified atom stereocenters. The van der Waals surface area contributed by atoms with Crippen molar-refractivity contribution < 1.29 is 24.2 Å². The second kappa shape index (κ2) is 8.80. The first-order valence-corrected chi connectivity index (χ1v) is 13.1. The first kappa shape index (κ1) is 23.6. The van der Waals surface area contributed by atoms with E-state index in [-0.39, 0.29) is 41.8 Å². The lowest BCUT2D eigenvalue weighted by Gasteiger charge is -2.36. The predicted molar refractivity (Wildman–Crippen MR) is 128 cm³/mol. The Balaban J connectivity index is 1.47. The van der Waals surface area contributed by atoms with Crippen LogP contribution in [-0.4, -0.2) is 82.9 Å². The minimum absolute atomic E-state index is 0.0325. The number of rotatable bonds is 7. The zero-order chi connectivity index (χ0) is 24.2. The van der Waals surface area contributed by atoms with Crippen LogP contribution in [0.15, 0.2) is 24.3 Å². The number of nitrogens with one attached hydrogen (secondary N) is 1. The smallest absolute Gasteiger partial charge is 0.310 e. The number of carbonyl (C=O) groups excluding carboxylic acids is 3. The molecular formula is C22H26BrN5O5S. The average Bonchev–Trinajstić information content (AvgIpc) is 3.54. The summed E-state index contributed by atoms with van der Waals surface area (Å²) in [6.45, 7) is 3.46. The SMILES string of the molecule is CCOC(=O)[C@H]1[C@@H]2SC3(CC2Br)C(C(=O)NCn2nnc4ccccc42)N([C@H](C)CO)C(=O)[C@H]13. The van der Waals surface area contributed by atoms with E-state index in [2.05, 4.69) is 31.6 Å². The van der Waals surface area contributed by atoms with Crippen LogP contribution in [0.4, 0.5) is 0 Å². The molecule has 2 amide bonds. The largest absolute Gasteiger partial charge is 0.466 e. The van der Waals surface area contributed by atoms with Crippen molar-refractivity contribution in [1.29, 1.82) is 0 Å². The number of para-hydroxylation sites is 1. The van der Waals surface area contributed by atoms with Gasteiger partial charge in [0.1, 0.15) is 18.2 Å². The molecule has 10 nitrogen and oxygen atoms in total. The number of nitrogens with zero attached hydrogens (tertiary/aromatic N) is 4. The van der Waals surface area contributed by atoms with Crippen molar-refractivity contribution in [3.63, 3.8) is 0 Å². The topological polar surface area (TPSA) is 127 Å². The number of likely N-dealkylation sites (tertiary alicyclic amines) is 1. The second-order valence-electron chi connectivity index (χ2n) is 8.97. The Kier molecular flexibility index (Phi) is 6.09. The highest BCUT2D eigenvalue weighted by atomic mass is 79.9. The van der Waals surface area contributed by atoms with E-state index in [4.69, 9.17) is 4.74 Å². The van der Waals surface area contributed by atoms with E-state index in [1.807, 2.05) is 24.3 Å². The molecule has 1 aromatic heterocycles. The van der Waals surface area contributed by atoms with Crippen LogP contribution in [0.5, 0.6) is 0 Å². The van der Waals surface area contributed by atoms with Crippen molar-refractivity contribution in [3.8, 4) is 0 Å². The van der Waals surface area contributed by atoms with Gasteiger partial charge in [-0.15, -0.1) is 16.9 Å². The van der Waals surface area contributed by atoms with Gasteiger partial charge in [0.05, 0.1) is 41.4 Å². The maximum absolute atomic E-state index is 13.7. The summed E-state index contributed by atoms with van der Waals surface area (Å²) in [7, 11) is 0. The van der Waals surface area contributed by atoms with Crippen LogP contribution in [0.25, 0.3) is 11.0 Å². The summed E-state index contributed by atoms with van der Waals surface area (Å²) in [6, 6.07) is 6.02. The highest BCUT2D eigenvalue weighted by molar-refractivity contribution is 9.09. The number of hydrogen-bond donors (Lipinski definition) is 2. The lowest BCUT2D eigenvalue weighted by atomic mass is 9.71. The fraction of sp³-hybridized carbons (Fsp3) is 0.591. The molecule has 3 fully saturated rings. The van der Waals surface area contributed by atoms with Gasteiger partial charge in [-0.3, -0.25) is 14.4 Å². The molecule has 0 saturated carbocycles. The van der Waals surface area contributed by atoms with Crippen LogP contribution in [0.3, 0.4) is 0 Å². The third-order valence-corrected chi connectivity index (χ3v) is 10.3. The third kappa shape index (κ3) is 3.36. The van der Waals surface area contributed by atoms with Crippen LogP contribution in [0.1, 0.15) is 20.3 Å². The van der Waals surface area contributed by atoms with E-state index < -0.39 is 34.6 Å². The quantitative estimate of drug-likeness (QED) is 0.384. The molecule has 1 aromatic carbocycles. The number of ether oxygens (including phenoxy) is 1. The number of esters is 1. The molecule has 0 radical (unpaired) electrons. The van der Waals surface area contributed by atoms with Crippen molar-refractivity contribution >= 4 is 56.5 Å². The number of halogens is 1. The number of thioether (sulfide) groups is 1. The summed E-state index contributed by atoms with van der Waals surface area (Å²) in [5, 5.41) is 20.9. The van der Waals surface area contributed by atoms with E-state index in [1.165, 1.54) is 16.7 Å². The lowest BCUT2D eigenvalue weighted by Crippen LogP contribution is -2.56. The van der Waals surface area contributed by atoms with Crippen molar-refractivity contribution in [2.24, 2.45) is 11.8 Å². The van der Waals surface area contributed by atoms with Crippen molar-refractivity contribution in [2.45, 2.75) is 53.8 Å². The monoisotopic (exact) mass is 551 g/mol. The molecule has 34 heavy (non-hydrogen) atoms. The van der Waals surface area contributed by atoms with E-state index in [1.54, 1.807) is 18.5 Å². The van der Waals surface area contributed by atoms with Crippen molar-refractivity contribution in [1.82, 2.24) is 25.2 Å². The maximum atomic E-state index is 13.7. The molecule has 1 spiro atoms. The number of aromatic nitrogens is 3. The van der Waals surface area contributed by atoms with Gasteiger partial charge in [0.2, 0.25) is 11.8 Å². The van der Waals surface area contributed by atoms with Crippen LogP contribution >= 0.6 is 27.7 Å². The predicted octanol–water partition coefficient (Wildman–Crippen LogP) is 0.913. The normalized spacial score (nSPS) is 32.8. The summed E-state index contributed by atoms with van der Waals surface area (Å²) >= 11 is 5.22. The zero-order valence-corrected chi connectivity index (χ0v) is 21.2. The van der Waals surface area contributed by atoms with Gasteiger partial charge in [-0.2, -0.15) is 0 Å². The fourth-order valence-corrected chi connectivity index (χ4v) is 9.31. The molecule has 4 heterocycles. The number of carbonyl (C=O) groups is 3. The number of aliphatic hydroxyl groups excluding tert-OH is 1. The maximum Gasteiger partial charge on any atom is 0.310 e. The Morgan fingerprint density at radius 3 is 2.91 bits per heavy atom. The Morgan fingerprint density at radius 2 is 2.18 bits per heavy atom. The molecule has 2 aromatic rings. The summed E-state index contributed by atoms with van der Waals surface area (Å²) < 4.78 is 6.13. The molecule has 3 aliphatic heterocycles. The molecule has 12 heteroatoms. The molecule has 5 rings (SSSR count). The van der Waals surface area contributed by atoms with Crippen molar-refractivity contribution in [2.75, 3.05) is 13.2 Å². The second-order valence-corrected chi connectivity index (χ2v) is 11.7. The van der Waals surface area contributed by atoms with E-state index >= 15 is 0 Å². The Bertz CT molecular complexity index is 1150. The Morgan fingerprint density at radius 1 is 1.41 bits per heavy atom. The first-order chi connectivity index (χ1) is 16.3. The standard InChI is InChI=1S/C22H26BrN5O5S/c1-3-33-21(32)15-16-20(31)28(11(2)9-29)18(22(16)8-12(23)17(15)34-22)19(30)24-10-27-14-7-5-4-6-13(14)25-26-27/h4-7,11-12,15-18,29H,3,8-10H2,1-2H3,(H,24,30)/t11-,12?,15-,16+,17-,18?,22?/m1/s1. The number of amides is 2. The molecule has 2 bridgehead atoms. The Hall–Kier alpha value is -2.18. The summed E-state index contributed by atoms with van der Waals surface area (Å²) in [5.41, 5.74) is 1.49. The molecule has 3 aliphatic rings. The van der Waals surface area contributed by atoms with Gasteiger partial charge in [0, 0.05) is 10.1 Å². The van der Waals surface area contributed by atoms with Crippen molar-refractivity contribution in [3.05, 3.63) is 24.3 Å². The minimum Gasteiger partial charge on any atom is -0.466 e. The van der Waals surface area contributed by atoms with Gasteiger partial charge in [-0.05, 0) is 32.4 Å². The zero-order valence-electron chi connectivity index (χ0n) is 18.8. The van der Waals surface area contributed by atoms with Gasteiger partial charge in [-0.25, -0.2) is 4.68 Å². The number of benzene rings is 1. The number of alkyl halides is 1. The molecule has 0 aliphatic carbocycles.